The Labute approximate surface area is 134 Å². The molecular formula is C15H21N5O3. The van der Waals surface area contributed by atoms with Gasteiger partial charge in [-0.15, -0.1) is 0 Å². The summed E-state index contributed by atoms with van der Waals surface area (Å²) in [4.78, 5) is 24.0. The second kappa shape index (κ2) is 6.23. The van der Waals surface area contributed by atoms with Gasteiger partial charge in [0.15, 0.2) is 5.82 Å². The Morgan fingerprint density at radius 1 is 1.22 bits per heavy atom. The zero-order valence-electron chi connectivity index (χ0n) is 13.9. The zero-order chi connectivity index (χ0) is 17.2. The number of aryl methyl sites for hydroxylation is 2. The van der Waals surface area contributed by atoms with Crippen molar-refractivity contribution >= 4 is 17.7 Å². The first kappa shape index (κ1) is 16.7. The van der Waals surface area contributed by atoms with E-state index in [9.17, 15) is 9.59 Å². The molecule has 1 amide bonds. The molecule has 3 N–H and O–H groups in total. The third-order valence-electron chi connectivity index (χ3n) is 3.08. The van der Waals surface area contributed by atoms with Gasteiger partial charge in [0.05, 0.1) is 12.1 Å². The number of ether oxygens (including phenoxy) is 1. The molecule has 0 unspecified atom stereocenters. The van der Waals surface area contributed by atoms with Crippen molar-refractivity contribution < 1.29 is 14.3 Å². The molecule has 0 atom stereocenters. The maximum atomic E-state index is 12.1. The minimum Gasteiger partial charge on any atom is -0.455 e. The van der Waals surface area contributed by atoms with Crippen LogP contribution in [0, 0.1) is 13.8 Å². The van der Waals surface area contributed by atoms with Crippen LogP contribution in [0.1, 0.15) is 48.2 Å². The molecular weight excluding hydrogens is 298 g/mol. The summed E-state index contributed by atoms with van der Waals surface area (Å²) < 4.78 is 5.22. The van der Waals surface area contributed by atoms with Gasteiger partial charge in [-0.05, 0) is 34.6 Å². The van der Waals surface area contributed by atoms with Gasteiger partial charge in [-0.3, -0.25) is 15.0 Å². The van der Waals surface area contributed by atoms with Gasteiger partial charge in [0.25, 0.3) is 0 Å². The highest BCUT2D eigenvalue weighted by Gasteiger charge is 2.20. The maximum absolute atomic E-state index is 12.1. The van der Waals surface area contributed by atoms with Crippen molar-refractivity contribution in [2.45, 2.75) is 46.6 Å². The fraction of sp³-hybridized carbons (Fsp3) is 0.467. The first-order valence-corrected chi connectivity index (χ1v) is 7.25. The van der Waals surface area contributed by atoms with Crippen molar-refractivity contribution in [2.75, 3.05) is 5.32 Å². The lowest BCUT2D eigenvalue weighted by Crippen LogP contribution is -2.24. The van der Waals surface area contributed by atoms with E-state index in [2.05, 4.69) is 25.7 Å². The van der Waals surface area contributed by atoms with Crippen molar-refractivity contribution in [1.82, 2.24) is 20.4 Å². The summed E-state index contributed by atoms with van der Waals surface area (Å²) in [6.07, 6.45) is 0.183. The summed E-state index contributed by atoms with van der Waals surface area (Å²) in [6.45, 7) is 9.03. The molecule has 2 rings (SSSR count). The van der Waals surface area contributed by atoms with Crippen LogP contribution in [0.4, 0.5) is 5.82 Å². The Morgan fingerprint density at radius 3 is 2.48 bits per heavy atom. The zero-order valence-corrected chi connectivity index (χ0v) is 13.9. The van der Waals surface area contributed by atoms with Gasteiger partial charge in [0.1, 0.15) is 11.3 Å². The Hall–Kier alpha value is -2.64. The molecule has 0 saturated carbocycles. The van der Waals surface area contributed by atoms with Crippen LogP contribution in [0.5, 0.6) is 0 Å². The van der Waals surface area contributed by atoms with Crippen LogP contribution in [0.25, 0.3) is 0 Å². The summed E-state index contributed by atoms with van der Waals surface area (Å²) in [5.41, 5.74) is 2.08. The molecule has 0 spiro atoms. The van der Waals surface area contributed by atoms with Crippen LogP contribution in [-0.2, 0) is 16.0 Å². The molecule has 0 fully saturated rings. The van der Waals surface area contributed by atoms with E-state index in [1.165, 1.54) is 6.07 Å². The van der Waals surface area contributed by atoms with Crippen molar-refractivity contribution in [3.63, 3.8) is 0 Å². The molecule has 0 aromatic carbocycles. The van der Waals surface area contributed by atoms with E-state index in [0.717, 1.165) is 17.0 Å². The Balaban J connectivity index is 1.99. The van der Waals surface area contributed by atoms with Crippen LogP contribution >= 0.6 is 0 Å². The summed E-state index contributed by atoms with van der Waals surface area (Å²) in [7, 11) is 0. The van der Waals surface area contributed by atoms with Crippen LogP contribution in [-0.4, -0.2) is 37.9 Å². The number of amides is 1. The number of H-pyrrole nitrogens is 2. The second-order valence-electron chi connectivity index (χ2n) is 6.31. The Bertz CT molecular complexity index is 704. The number of aromatic nitrogens is 4. The minimum absolute atomic E-state index is 0.183. The van der Waals surface area contributed by atoms with E-state index in [1.807, 2.05) is 13.8 Å². The molecule has 2 aromatic heterocycles. The highest BCUT2D eigenvalue weighted by Crippen LogP contribution is 2.14. The normalized spacial score (nSPS) is 11.3. The van der Waals surface area contributed by atoms with Gasteiger partial charge in [-0.2, -0.15) is 10.2 Å². The molecule has 0 bridgehead atoms. The van der Waals surface area contributed by atoms with Crippen molar-refractivity contribution in [3.8, 4) is 0 Å². The predicted molar refractivity (Wildman–Crippen MR) is 84.2 cm³/mol. The average molecular weight is 319 g/mol. The number of esters is 1. The molecule has 124 valence electrons. The number of rotatable bonds is 4. The van der Waals surface area contributed by atoms with E-state index in [0.29, 0.717) is 0 Å². The topological polar surface area (TPSA) is 113 Å². The molecule has 0 radical (unpaired) electrons. The van der Waals surface area contributed by atoms with Crippen LogP contribution in [0.2, 0.25) is 0 Å². The lowest BCUT2D eigenvalue weighted by atomic mass is 10.1. The fourth-order valence-electron chi connectivity index (χ4n) is 2.01. The first-order valence-electron chi connectivity index (χ1n) is 7.25. The summed E-state index contributed by atoms with van der Waals surface area (Å²) in [5.74, 6) is -0.485. The van der Waals surface area contributed by atoms with Gasteiger partial charge in [0.2, 0.25) is 5.91 Å². The standard InChI is InChI=1S/C15H21N5O3/c1-8-10(9(2)18-17-8)6-13(21)16-12-7-11(19-20-12)14(22)23-15(3,4)5/h7H,6H2,1-5H3,(H,17,18)(H2,16,19,20,21). The predicted octanol–water partition coefficient (Wildman–Crippen LogP) is 1.89. The lowest BCUT2D eigenvalue weighted by Gasteiger charge is -2.18. The number of nitrogens with one attached hydrogen (secondary N) is 3. The lowest BCUT2D eigenvalue weighted by molar-refractivity contribution is -0.115. The number of anilines is 1. The maximum Gasteiger partial charge on any atom is 0.356 e. The van der Waals surface area contributed by atoms with Gasteiger partial charge < -0.3 is 10.1 Å². The molecule has 23 heavy (non-hydrogen) atoms. The number of hydrogen-bond donors (Lipinski definition) is 3. The third-order valence-corrected chi connectivity index (χ3v) is 3.08. The number of nitrogens with zero attached hydrogens (tertiary/aromatic N) is 2. The van der Waals surface area contributed by atoms with Crippen LogP contribution < -0.4 is 5.32 Å². The quantitative estimate of drug-likeness (QED) is 0.745. The van der Waals surface area contributed by atoms with E-state index in [1.54, 1.807) is 20.8 Å². The van der Waals surface area contributed by atoms with Crippen molar-refractivity contribution in [2.24, 2.45) is 0 Å². The Morgan fingerprint density at radius 2 is 1.91 bits per heavy atom. The highest BCUT2D eigenvalue weighted by molar-refractivity contribution is 5.94. The van der Waals surface area contributed by atoms with Gasteiger partial charge in [-0.25, -0.2) is 4.79 Å². The van der Waals surface area contributed by atoms with E-state index in [-0.39, 0.29) is 23.8 Å². The molecule has 0 aliphatic heterocycles. The largest absolute Gasteiger partial charge is 0.455 e. The first-order chi connectivity index (χ1) is 10.7. The van der Waals surface area contributed by atoms with Gasteiger partial charge >= 0.3 is 5.97 Å². The Kier molecular flexibility index (Phi) is 4.53. The van der Waals surface area contributed by atoms with Crippen LogP contribution in [0.3, 0.4) is 0 Å². The summed E-state index contributed by atoms with van der Waals surface area (Å²) in [6, 6.07) is 1.45. The van der Waals surface area contributed by atoms with E-state index < -0.39 is 11.6 Å². The van der Waals surface area contributed by atoms with Gasteiger partial charge in [-0.1, -0.05) is 0 Å². The summed E-state index contributed by atoms with van der Waals surface area (Å²) >= 11 is 0. The molecule has 8 heteroatoms. The van der Waals surface area contributed by atoms with Crippen LogP contribution in [0.15, 0.2) is 6.07 Å². The molecule has 0 aliphatic carbocycles. The monoisotopic (exact) mass is 319 g/mol. The number of hydrogen-bond acceptors (Lipinski definition) is 5. The smallest absolute Gasteiger partial charge is 0.356 e. The average Bonchev–Trinajstić information content (AvgIpc) is 2.99. The van der Waals surface area contributed by atoms with Crippen molar-refractivity contribution in [3.05, 3.63) is 28.7 Å². The van der Waals surface area contributed by atoms with Gasteiger partial charge in [0, 0.05) is 17.3 Å². The third kappa shape index (κ3) is 4.41. The molecule has 2 heterocycles. The highest BCUT2D eigenvalue weighted by atomic mass is 16.6. The molecule has 2 aromatic rings. The fourth-order valence-corrected chi connectivity index (χ4v) is 2.01. The minimum atomic E-state index is -0.595. The van der Waals surface area contributed by atoms with Crippen molar-refractivity contribution in [1.29, 1.82) is 0 Å². The molecule has 0 aliphatic rings. The number of carbonyl (C=O) groups is 2. The SMILES string of the molecule is Cc1n[nH]c(C)c1CC(=O)Nc1cc(C(=O)OC(C)(C)C)[nH]n1. The summed E-state index contributed by atoms with van der Waals surface area (Å²) in [5, 5.41) is 16.0. The number of carbonyl (C=O) groups excluding carboxylic acids is 2. The molecule has 0 saturated heterocycles. The number of aromatic amines is 2. The van der Waals surface area contributed by atoms with E-state index >= 15 is 0 Å². The molecule has 8 nitrogen and oxygen atoms in total. The van der Waals surface area contributed by atoms with E-state index in [4.69, 9.17) is 4.74 Å². The second-order valence-corrected chi connectivity index (χ2v) is 6.31.